The molecule has 0 saturated carbocycles. The standard InChI is InChI=1S/C11H17BrN2O2S.ClH/c1-8-9(12)5-4-6-10(8)17(15,16)14-11(2,3)7-13;/h4-6,14H,7,13H2,1-3H3;1H. The Bertz CT molecular complexity index is 518. The van der Waals surface area contributed by atoms with Crippen molar-refractivity contribution in [1.82, 2.24) is 4.72 Å². The third-order valence-electron chi connectivity index (χ3n) is 2.43. The highest BCUT2D eigenvalue weighted by molar-refractivity contribution is 9.10. The molecule has 0 bridgehead atoms. The van der Waals surface area contributed by atoms with Gasteiger partial charge in [0.15, 0.2) is 0 Å². The van der Waals surface area contributed by atoms with Crippen LogP contribution in [-0.2, 0) is 10.0 Å². The molecule has 0 unspecified atom stereocenters. The Morgan fingerprint density at radius 2 is 1.94 bits per heavy atom. The summed E-state index contributed by atoms with van der Waals surface area (Å²) in [6.07, 6.45) is 0. The maximum Gasteiger partial charge on any atom is 0.241 e. The van der Waals surface area contributed by atoms with Gasteiger partial charge in [-0.1, -0.05) is 22.0 Å². The molecular weight excluding hydrogens is 340 g/mol. The summed E-state index contributed by atoms with van der Waals surface area (Å²) in [5.41, 5.74) is 5.55. The average Bonchev–Trinajstić information content (AvgIpc) is 2.20. The highest BCUT2D eigenvalue weighted by Crippen LogP contribution is 2.23. The van der Waals surface area contributed by atoms with Gasteiger partial charge < -0.3 is 5.73 Å². The Balaban J connectivity index is 0.00000289. The number of sulfonamides is 1. The predicted octanol–water partition coefficient (Wildman–Crippen LogP) is 2.19. The van der Waals surface area contributed by atoms with Gasteiger partial charge in [-0.2, -0.15) is 0 Å². The lowest BCUT2D eigenvalue weighted by molar-refractivity contribution is 0.462. The molecular formula is C11H18BrClN2O2S. The quantitative estimate of drug-likeness (QED) is 0.867. The summed E-state index contributed by atoms with van der Waals surface area (Å²) in [6.45, 7) is 5.49. The largest absolute Gasteiger partial charge is 0.329 e. The number of rotatable bonds is 4. The maximum atomic E-state index is 12.2. The molecule has 0 fully saturated rings. The van der Waals surface area contributed by atoms with Crippen LogP contribution in [0.1, 0.15) is 19.4 Å². The van der Waals surface area contributed by atoms with Crippen molar-refractivity contribution in [3.05, 3.63) is 28.2 Å². The van der Waals surface area contributed by atoms with E-state index in [1.165, 1.54) is 0 Å². The lowest BCUT2D eigenvalue weighted by Gasteiger charge is -2.24. The molecule has 1 aromatic carbocycles. The summed E-state index contributed by atoms with van der Waals surface area (Å²) in [5.74, 6) is 0. The first-order valence-electron chi connectivity index (χ1n) is 5.19. The number of benzene rings is 1. The van der Waals surface area contributed by atoms with Gasteiger partial charge >= 0.3 is 0 Å². The fraction of sp³-hybridized carbons (Fsp3) is 0.455. The zero-order valence-electron chi connectivity index (χ0n) is 10.5. The Labute approximate surface area is 123 Å². The summed E-state index contributed by atoms with van der Waals surface area (Å²) in [5, 5.41) is 0. The topological polar surface area (TPSA) is 72.2 Å². The summed E-state index contributed by atoms with van der Waals surface area (Å²) in [4.78, 5) is 0.272. The zero-order chi connectivity index (χ0) is 13.3. The second-order valence-corrected chi connectivity index (χ2v) is 7.06. The van der Waals surface area contributed by atoms with Crippen LogP contribution in [0, 0.1) is 6.92 Å². The van der Waals surface area contributed by atoms with Crippen molar-refractivity contribution in [2.45, 2.75) is 31.2 Å². The molecule has 0 saturated heterocycles. The highest BCUT2D eigenvalue weighted by Gasteiger charge is 2.26. The van der Waals surface area contributed by atoms with E-state index in [4.69, 9.17) is 5.73 Å². The maximum absolute atomic E-state index is 12.2. The normalized spacial score (nSPS) is 12.1. The van der Waals surface area contributed by atoms with Crippen molar-refractivity contribution in [2.24, 2.45) is 5.73 Å². The number of nitrogens with one attached hydrogen (secondary N) is 1. The smallest absolute Gasteiger partial charge is 0.241 e. The second kappa shape index (κ2) is 6.34. The first kappa shape index (κ1) is 17.9. The molecule has 0 aliphatic rings. The first-order chi connectivity index (χ1) is 7.69. The molecule has 0 heterocycles. The number of hydrogen-bond acceptors (Lipinski definition) is 3. The number of nitrogens with two attached hydrogens (primary N) is 1. The van der Waals surface area contributed by atoms with E-state index in [2.05, 4.69) is 20.7 Å². The van der Waals surface area contributed by atoms with E-state index in [0.29, 0.717) is 5.56 Å². The molecule has 1 rings (SSSR count). The summed E-state index contributed by atoms with van der Waals surface area (Å²) in [6, 6.07) is 5.08. The van der Waals surface area contributed by atoms with Gasteiger partial charge in [0.25, 0.3) is 0 Å². The van der Waals surface area contributed by atoms with E-state index in [0.717, 1.165) is 4.47 Å². The van der Waals surface area contributed by atoms with Crippen molar-refractivity contribution < 1.29 is 8.42 Å². The van der Waals surface area contributed by atoms with Crippen LogP contribution >= 0.6 is 28.3 Å². The lowest BCUT2D eigenvalue weighted by Crippen LogP contribution is -2.48. The zero-order valence-corrected chi connectivity index (χ0v) is 13.7. The fourth-order valence-electron chi connectivity index (χ4n) is 1.34. The molecule has 1 aromatic rings. The van der Waals surface area contributed by atoms with E-state index in [1.54, 1.807) is 32.9 Å². The Hall–Kier alpha value is -0.140. The van der Waals surface area contributed by atoms with E-state index >= 15 is 0 Å². The Kier molecular flexibility index (Phi) is 6.29. The van der Waals surface area contributed by atoms with Gasteiger partial charge in [-0.25, -0.2) is 13.1 Å². The minimum atomic E-state index is -3.54. The summed E-state index contributed by atoms with van der Waals surface area (Å²) in [7, 11) is -3.54. The molecule has 0 aromatic heterocycles. The van der Waals surface area contributed by atoms with Gasteiger partial charge in [0.2, 0.25) is 10.0 Å². The van der Waals surface area contributed by atoms with Gasteiger partial charge in [0.1, 0.15) is 0 Å². The molecule has 0 atom stereocenters. The van der Waals surface area contributed by atoms with Crippen LogP contribution in [0.15, 0.2) is 27.6 Å². The first-order valence-corrected chi connectivity index (χ1v) is 7.46. The van der Waals surface area contributed by atoms with E-state index in [1.807, 2.05) is 6.07 Å². The minimum absolute atomic E-state index is 0. The van der Waals surface area contributed by atoms with Crippen molar-refractivity contribution in [3.8, 4) is 0 Å². The predicted molar refractivity (Wildman–Crippen MR) is 79.6 cm³/mol. The Morgan fingerprint density at radius 3 is 2.44 bits per heavy atom. The van der Waals surface area contributed by atoms with Crippen molar-refractivity contribution in [1.29, 1.82) is 0 Å². The van der Waals surface area contributed by atoms with Gasteiger partial charge in [0, 0.05) is 16.6 Å². The third-order valence-corrected chi connectivity index (χ3v) is 5.13. The minimum Gasteiger partial charge on any atom is -0.329 e. The third kappa shape index (κ3) is 4.20. The molecule has 0 aliphatic heterocycles. The molecule has 0 amide bonds. The fourth-order valence-corrected chi connectivity index (χ4v) is 3.53. The van der Waals surface area contributed by atoms with Gasteiger partial charge in [0.05, 0.1) is 4.90 Å². The number of halogens is 2. The van der Waals surface area contributed by atoms with Gasteiger partial charge in [-0.05, 0) is 38.5 Å². The van der Waals surface area contributed by atoms with Crippen molar-refractivity contribution in [3.63, 3.8) is 0 Å². The Morgan fingerprint density at radius 1 is 1.39 bits per heavy atom. The second-order valence-electron chi connectivity index (χ2n) is 4.56. The van der Waals surface area contributed by atoms with Crippen LogP contribution < -0.4 is 10.5 Å². The highest BCUT2D eigenvalue weighted by atomic mass is 79.9. The van der Waals surface area contributed by atoms with E-state index < -0.39 is 15.6 Å². The van der Waals surface area contributed by atoms with Gasteiger partial charge in [-0.15, -0.1) is 12.4 Å². The van der Waals surface area contributed by atoms with Crippen LogP contribution in [0.5, 0.6) is 0 Å². The van der Waals surface area contributed by atoms with Crippen molar-refractivity contribution >= 4 is 38.4 Å². The van der Waals surface area contributed by atoms with Crippen LogP contribution in [-0.4, -0.2) is 20.5 Å². The number of hydrogen-bond donors (Lipinski definition) is 2. The monoisotopic (exact) mass is 356 g/mol. The molecule has 4 nitrogen and oxygen atoms in total. The van der Waals surface area contributed by atoms with Crippen LogP contribution in [0.2, 0.25) is 0 Å². The van der Waals surface area contributed by atoms with E-state index in [9.17, 15) is 8.42 Å². The molecule has 0 spiro atoms. The van der Waals surface area contributed by atoms with Crippen LogP contribution in [0.4, 0.5) is 0 Å². The molecule has 0 radical (unpaired) electrons. The summed E-state index contributed by atoms with van der Waals surface area (Å²) >= 11 is 3.32. The lowest BCUT2D eigenvalue weighted by atomic mass is 10.1. The average molecular weight is 358 g/mol. The molecule has 18 heavy (non-hydrogen) atoms. The summed E-state index contributed by atoms with van der Waals surface area (Å²) < 4.78 is 27.7. The van der Waals surface area contributed by atoms with Crippen molar-refractivity contribution in [2.75, 3.05) is 6.54 Å². The SMILES string of the molecule is Cc1c(Br)cccc1S(=O)(=O)NC(C)(C)CN.Cl. The molecule has 7 heteroatoms. The van der Waals surface area contributed by atoms with E-state index in [-0.39, 0.29) is 23.8 Å². The molecule has 0 aliphatic carbocycles. The molecule has 104 valence electrons. The van der Waals surface area contributed by atoms with Gasteiger partial charge in [-0.3, -0.25) is 0 Å². The van der Waals surface area contributed by atoms with Crippen LogP contribution in [0.25, 0.3) is 0 Å². The van der Waals surface area contributed by atoms with Crippen LogP contribution in [0.3, 0.4) is 0 Å². The molecule has 3 N–H and O–H groups in total.